The van der Waals surface area contributed by atoms with Crippen LogP contribution in [0.3, 0.4) is 0 Å². The number of benzene rings is 3. The van der Waals surface area contributed by atoms with Crippen molar-refractivity contribution in [2.75, 3.05) is 0 Å². The summed E-state index contributed by atoms with van der Waals surface area (Å²) in [5, 5.41) is 18.7. The van der Waals surface area contributed by atoms with Crippen LogP contribution in [0.5, 0.6) is 17.2 Å². The number of aromatic hydroxyl groups is 2. The van der Waals surface area contributed by atoms with E-state index in [2.05, 4.69) is 4.74 Å². The van der Waals surface area contributed by atoms with E-state index in [1.165, 1.54) is 72.8 Å². The zero-order valence-electron chi connectivity index (χ0n) is 18.9. The van der Waals surface area contributed by atoms with Crippen LogP contribution in [0.2, 0.25) is 0 Å². The van der Waals surface area contributed by atoms with Crippen LogP contribution in [0.1, 0.15) is 22.3 Å². The fourth-order valence-corrected chi connectivity index (χ4v) is 3.25. The predicted octanol–water partition coefficient (Wildman–Crippen LogP) is 8.24. The first-order chi connectivity index (χ1) is 17.5. The van der Waals surface area contributed by atoms with Gasteiger partial charge in [-0.05, 0) is 47.0 Å². The zero-order chi connectivity index (χ0) is 28.4. The first-order valence-corrected chi connectivity index (χ1v) is 10.5. The van der Waals surface area contributed by atoms with Gasteiger partial charge in [-0.2, -0.15) is 39.5 Å². The molecule has 0 saturated carbocycles. The minimum Gasteiger partial charge on any atom is -0.508 e. The summed E-state index contributed by atoms with van der Waals surface area (Å²) in [4.78, 5) is 0. The molecule has 0 unspecified atom stereocenters. The minimum absolute atomic E-state index is 0.0644. The van der Waals surface area contributed by atoms with Crippen molar-refractivity contribution in [3.8, 4) is 17.2 Å². The highest BCUT2D eigenvalue weighted by Crippen LogP contribution is 2.55. The maximum atomic E-state index is 13.5. The van der Waals surface area contributed by atoms with Gasteiger partial charge in [0.25, 0.3) is 0 Å². The Labute approximate surface area is 209 Å². The molecule has 0 spiro atoms. The highest BCUT2D eigenvalue weighted by atomic mass is 19.4. The number of rotatable bonds is 6. The molecule has 3 nitrogen and oxygen atoms in total. The number of hydrogen-bond donors (Lipinski definition) is 2. The van der Waals surface area contributed by atoms with Crippen molar-refractivity contribution in [1.82, 2.24) is 0 Å². The Bertz CT molecular complexity index is 1270. The highest BCUT2D eigenvalue weighted by Gasteiger charge is 2.87. The molecule has 0 bridgehead atoms. The molecule has 0 atom stereocenters. The van der Waals surface area contributed by atoms with Crippen LogP contribution in [0.15, 0.2) is 66.7 Å². The van der Waals surface area contributed by atoms with Crippen molar-refractivity contribution in [3.63, 3.8) is 0 Å². The smallest absolute Gasteiger partial charge is 0.447 e. The summed E-state index contributed by atoms with van der Waals surface area (Å²) in [6.45, 7) is 0. The van der Waals surface area contributed by atoms with E-state index in [-0.39, 0.29) is 17.1 Å². The summed E-state index contributed by atoms with van der Waals surface area (Å²) >= 11 is 0. The lowest BCUT2D eigenvalue weighted by atomic mass is 10.0. The van der Waals surface area contributed by atoms with Gasteiger partial charge in [-0.25, -0.2) is 0 Å². The SMILES string of the molecule is Oc1ccc(/C=C/c2ccc(/C=C/c3ccc(O)cc3)c(OC(C(F)(F)F)(C(F)(F)F)C(F)(F)F)c2)cc1. The van der Waals surface area contributed by atoms with E-state index in [0.717, 1.165) is 12.1 Å². The van der Waals surface area contributed by atoms with Gasteiger partial charge in [0.1, 0.15) is 17.2 Å². The van der Waals surface area contributed by atoms with E-state index < -0.39 is 35.4 Å². The summed E-state index contributed by atoms with van der Waals surface area (Å²) in [6.07, 6.45) is -16.0. The van der Waals surface area contributed by atoms with E-state index >= 15 is 0 Å². The van der Waals surface area contributed by atoms with Gasteiger partial charge >= 0.3 is 24.1 Å². The molecule has 3 aromatic rings. The van der Waals surface area contributed by atoms with Crippen LogP contribution in [0, 0.1) is 0 Å². The molecular weight excluding hydrogens is 531 g/mol. The Kier molecular flexibility index (Phi) is 7.75. The lowest BCUT2D eigenvalue weighted by molar-refractivity contribution is -0.436. The van der Waals surface area contributed by atoms with E-state index in [1.54, 1.807) is 0 Å². The normalized spacial score (nSPS) is 13.4. The van der Waals surface area contributed by atoms with Crippen molar-refractivity contribution in [2.45, 2.75) is 24.1 Å². The second-order valence-electron chi connectivity index (χ2n) is 7.92. The molecule has 0 amide bonds. The van der Waals surface area contributed by atoms with Gasteiger partial charge in [0, 0.05) is 5.56 Å². The number of alkyl halides is 9. The Hall–Kier alpha value is -4.09. The fourth-order valence-electron chi connectivity index (χ4n) is 3.25. The predicted molar refractivity (Wildman–Crippen MR) is 122 cm³/mol. The Morgan fingerprint density at radius 2 is 0.868 bits per heavy atom. The molecule has 3 rings (SSSR count). The van der Waals surface area contributed by atoms with Crippen molar-refractivity contribution >= 4 is 24.3 Å². The van der Waals surface area contributed by atoms with Crippen molar-refractivity contribution < 1.29 is 54.5 Å². The second kappa shape index (κ2) is 10.3. The third-order valence-corrected chi connectivity index (χ3v) is 5.21. The molecular formula is C26H17F9O3. The molecule has 0 aromatic heterocycles. The molecule has 3 aromatic carbocycles. The van der Waals surface area contributed by atoms with Gasteiger partial charge in [-0.15, -0.1) is 0 Å². The van der Waals surface area contributed by atoms with Gasteiger partial charge in [-0.3, -0.25) is 0 Å². The molecule has 202 valence electrons. The topological polar surface area (TPSA) is 49.7 Å². The number of hydrogen-bond acceptors (Lipinski definition) is 3. The fraction of sp³-hybridized carbons (Fsp3) is 0.154. The van der Waals surface area contributed by atoms with E-state index in [4.69, 9.17) is 0 Å². The van der Waals surface area contributed by atoms with Gasteiger partial charge < -0.3 is 14.9 Å². The molecule has 0 saturated heterocycles. The maximum Gasteiger partial charge on any atom is 0.447 e. The Morgan fingerprint density at radius 1 is 0.500 bits per heavy atom. The quantitative estimate of drug-likeness (QED) is 0.241. The lowest BCUT2D eigenvalue weighted by Gasteiger charge is -2.38. The largest absolute Gasteiger partial charge is 0.508 e. The van der Waals surface area contributed by atoms with Crippen LogP contribution in [0.4, 0.5) is 39.5 Å². The number of ether oxygens (including phenoxy) is 1. The van der Waals surface area contributed by atoms with Crippen LogP contribution < -0.4 is 4.74 Å². The summed E-state index contributed by atoms with van der Waals surface area (Å²) in [7, 11) is 0. The standard InChI is InChI=1S/C26H17F9O3/c27-24(28,29)23(25(30,31)32,26(33,34)35)38-22-15-18(2-1-16-5-11-20(36)12-6-16)4-10-19(22)9-3-17-7-13-21(37)14-8-17/h1-15,36-37H/b2-1+,9-3+. The third-order valence-electron chi connectivity index (χ3n) is 5.21. The molecule has 38 heavy (non-hydrogen) atoms. The lowest BCUT2D eigenvalue weighted by Crippen LogP contribution is -2.69. The first kappa shape index (κ1) is 28.5. The van der Waals surface area contributed by atoms with Crippen LogP contribution >= 0.6 is 0 Å². The highest BCUT2D eigenvalue weighted by molar-refractivity contribution is 5.76. The van der Waals surface area contributed by atoms with Gasteiger partial charge in [0.2, 0.25) is 0 Å². The second-order valence-corrected chi connectivity index (χ2v) is 7.92. The monoisotopic (exact) mass is 548 g/mol. The Morgan fingerprint density at radius 3 is 1.29 bits per heavy atom. The average Bonchev–Trinajstić information content (AvgIpc) is 2.80. The van der Waals surface area contributed by atoms with Gasteiger partial charge in [0.15, 0.2) is 0 Å². The number of halogens is 9. The van der Waals surface area contributed by atoms with Crippen LogP contribution in [-0.2, 0) is 0 Å². The zero-order valence-corrected chi connectivity index (χ0v) is 18.9. The molecule has 0 fully saturated rings. The summed E-state index contributed by atoms with van der Waals surface area (Å²) in [6, 6.07) is 13.6. The molecule has 0 aliphatic rings. The summed E-state index contributed by atoms with van der Waals surface area (Å²) in [5.74, 6) is -1.52. The number of phenols is 2. The van der Waals surface area contributed by atoms with E-state index in [0.29, 0.717) is 17.2 Å². The van der Waals surface area contributed by atoms with Gasteiger partial charge in [0.05, 0.1) is 0 Å². The molecule has 0 heterocycles. The maximum absolute atomic E-state index is 13.5. The van der Waals surface area contributed by atoms with E-state index in [9.17, 15) is 49.7 Å². The van der Waals surface area contributed by atoms with Crippen molar-refractivity contribution in [2.24, 2.45) is 0 Å². The molecule has 0 aliphatic heterocycles. The molecule has 12 heteroatoms. The van der Waals surface area contributed by atoms with Crippen LogP contribution in [0.25, 0.3) is 24.3 Å². The molecule has 0 radical (unpaired) electrons. The van der Waals surface area contributed by atoms with Gasteiger partial charge in [-0.1, -0.05) is 60.7 Å². The minimum atomic E-state index is -6.92. The van der Waals surface area contributed by atoms with Crippen molar-refractivity contribution in [3.05, 3.63) is 89.0 Å². The van der Waals surface area contributed by atoms with E-state index in [1.807, 2.05) is 0 Å². The summed E-state index contributed by atoms with van der Waals surface area (Å²) in [5.41, 5.74) is -6.29. The first-order valence-electron chi connectivity index (χ1n) is 10.5. The van der Waals surface area contributed by atoms with Crippen molar-refractivity contribution in [1.29, 1.82) is 0 Å². The van der Waals surface area contributed by atoms with Crippen LogP contribution in [-0.4, -0.2) is 34.3 Å². The molecule has 2 N–H and O–H groups in total. The number of phenolic OH excluding ortho intramolecular Hbond substituents is 2. The average molecular weight is 548 g/mol. The third kappa shape index (κ3) is 6.06. The summed E-state index contributed by atoms with van der Waals surface area (Å²) < 4.78 is 126. The Balaban J connectivity index is 2.15. The molecule has 0 aliphatic carbocycles.